The Kier molecular flexibility index (Phi) is 4.81. The van der Waals surface area contributed by atoms with Gasteiger partial charge in [-0.05, 0) is 13.3 Å². The maximum Gasteiger partial charge on any atom is 0.225 e. The molecule has 0 aliphatic rings. The van der Waals surface area contributed by atoms with Crippen LogP contribution in [0.15, 0.2) is 0 Å². The van der Waals surface area contributed by atoms with Gasteiger partial charge in [-0.15, -0.1) is 0 Å². The molecule has 0 radical (unpaired) electrons. The first-order valence-corrected chi connectivity index (χ1v) is 5.15. The highest BCUT2D eigenvalue weighted by molar-refractivity contribution is 7.89. The lowest BCUT2D eigenvalue weighted by Crippen LogP contribution is -2.28. The van der Waals surface area contributed by atoms with Gasteiger partial charge in [-0.1, -0.05) is 0 Å². The summed E-state index contributed by atoms with van der Waals surface area (Å²) in [5.41, 5.74) is 0. The van der Waals surface area contributed by atoms with Crippen molar-refractivity contribution >= 4 is 10.0 Å². The third-order valence-electron chi connectivity index (χ3n) is 1.14. The van der Waals surface area contributed by atoms with E-state index in [2.05, 4.69) is 4.72 Å². The van der Waals surface area contributed by atoms with Crippen molar-refractivity contribution in [3.63, 3.8) is 0 Å². The molecule has 2 N–H and O–H groups in total. The van der Waals surface area contributed by atoms with Crippen LogP contribution in [0.1, 0.15) is 13.3 Å². The minimum Gasteiger partial charge on any atom is -0.393 e. The fourth-order valence-electron chi connectivity index (χ4n) is 0.559. The predicted molar refractivity (Wildman–Crippen MR) is 43.7 cm³/mol. The van der Waals surface area contributed by atoms with Crippen molar-refractivity contribution in [2.75, 3.05) is 12.3 Å². The van der Waals surface area contributed by atoms with Gasteiger partial charge in [0.1, 0.15) is 0 Å². The molecule has 0 aliphatic heterocycles. The van der Waals surface area contributed by atoms with Crippen LogP contribution in [-0.2, 0) is 10.0 Å². The molecule has 0 aromatic heterocycles. The average Bonchev–Trinajstić information content (AvgIpc) is 1.85. The Balaban J connectivity index is 3.72. The Hall–Kier alpha value is -0.640. The van der Waals surface area contributed by atoms with Crippen LogP contribution in [0, 0.1) is 11.3 Å². The average molecular weight is 192 g/mol. The molecular formula is C6H12N2O3S. The topological polar surface area (TPSA) is 90.2 Å². The van der Waals surface area contributed by atoms with Crippen LogP contribution in [-0.4, -0.2) is 31.9 Å². The molecule has 0 heterocycles. The van der Waals surface area contributed by atoms with E-state index in [9.17, 15) is 8.42 Å². The van der Waals surface area contributed by atoms with Crippen molar-refractivity contribution in [2.45, 2.75) is 19.4 Å². The minimum absolute atomic E-state index is 0.168. The van der Waals surface area contributed by atoms with Crippen LogP contribution >= 0.6 is 0 Å². The van der Waals surface area contributed by atoms with Crippen molar-refractivity contribution in [3.8, 4) is 6.07 Å². The molecule has 1 atom stereocenters. The second-order valence-corrected chi connectivity index (χ2v) is 4.26. The molecular weight excluding hydrogens is 180 g/mol. The second-order valence-electron chi connectivity index (χ2n) is 2.45. The van der Waals surface area contributed by atoms with Gasteiger partial charge in [0, 0.05) is 6.54 Å². The summed E-state index contributed by atoms with van der Waals surface area (Å²) in [7, 11) is -3.45. The number of nitriles is 1. The molecule has 0 aliphatic carbocycles. The lowest BCUT2D eigenvalue weighted by atomic mass is 10.3. The monoisotopic (exact) mass is 192 g/mol. The lowest BCUT2D eigenvalue weighted by Gasteiger charge is -2.04. The first-order valence-electron chi connectivity index (χ1n) is 3.50. The molecule has 0 spiro atoms. The maximum atomic E-state index is 10.8. The number of nitrogens with zero attached hydrogens (tertiary/aromatic N) is 1. The molecule has 0 saturated heterocycles. The molecule has 12 heavy (non-hydrogen) atoms. The summed E-state index contributed by atoms with van der Waals surface area (Å²) in [4.78, 5) is 0. The Morgan fingerprint density at radius 3 is 2.67 bits per heavy atom. The van der Waals surface area contributed by atoms with Gasteiger partial charge in [0.2, 0.25) is 10.0 Å². The summed E-state index contributed by atoms with van der Waals surface area (Å²) in [5.74, 6) is -0.535. The number of sulfonamides is 1. The second kappa shape index (κ2) is 5.09. The zero-order valence-corrected chi connectivity index (χ0v) is 7.63. The van der Waals surface area contributed by atoms with Crippen molar-refractivity contribution < 1.29 is 13.5 Å². The Labute approximate surface area is 72.1 Å². The summed E-state index contributed by atoms with van der Waals surface area (Å²) in [6, 6.07) is 1.53. The minimum atomic E-state index is -3.45. The highest BCUT2D eigenvalue weighted by Gasteiger charge is 2.08. The van der Waals surface area contributed by atoms with Crippen LogP contribution in [0.3, 0.4) is 0 Å². The van der Waals surface area contributed by atoms with E-state index in [4.69, 9.17) is 10.4 Å². The largest absolute Gasteiger partial charge is 0.393 e. The molecule has 0 rings (SSSR count). The van der Waals surface area contributed by atoms with Crippen LogP contribution in [0.25, 0.3) is 0 Å². The summed E-state index contributed by atoms with van der Waals surface area (Å²) in [5, 5.41) is 16.9. The van der Waals surface area contributed by atoms with Gasteiger partial charge >= 0.3 is 0 Å². The lowest BCUT2D eigenvalue weighted by molar-refractivity contribution is 0.186. The van der Waals surface area contributed by atoms with Crippen molar-refractivity contribution in [1.82, 2.24) is 4.72 Å². The molecule has 5 nitrogen and oxygen atoms in total. The fourth-order valence-corrected chi connectivity index (χ4v) is 1.26. The summed E-state index contributed by atoms with van der Waals surface area (Å²) in [6.07, 6.45) is -0.181. The summed E-state index contributed by atoms with van der Waals surface area (Å²) >= 11 is 0. The molecule has 0 saturated carbocycles. The Morgan fingerprint density at radius 2 is 2.25 bits per heavy atom. The maximum absolute atomic E-state index is 10.8. The zero-order valence-electron chi connectivity index (χ0n) is 6.82. The van der Waals surface area contributed by atoms with Crippen molar-refractivity contribution in [2.24, 2.45) is 0 Å². The molecule has 70 valence electrons. The van der Waals surface area contributed by atoms with E-state index in [0.717, 1.165) is 0 Å². The number of aliphatic hydroxyl groups is 1. The van der Waals surface area contributed by atoms with Crippen molar-refractivity contribution in [3.05, 3.63) is 0 Å². The number of aliphatic hydroxyl groups excluding tert-OH is 1. The highest BCUT2D eigenvalue weighted by Crippen LogP contribution is 1.88. The van der Waals surface area contributed by atoms with Gasteiger partial charge in [-0.25, -0.2) is 13.1 Å². The Morgan fingerprint density at radius 1 is 1.67 bits per heavy atom. The smallest absolute Gasteiger partial charge is 0.225 e. The van der Waals surface area contributed by atoms with E-state index in [1.807, 2.05) is 0 Å². The van der Waals surface area contributed by atoms with Gasteiger partial charge in [0.25, 0.3) is 0 Å². The van der Waals surface area contributed by atoms with Crippen LogP contribution in [0.5, 0.6) is 0 Å². The molecule has 6 heteroatoms. The summed E-state index contributed by atoms with van der Waals surface area (Å²) < 4.78 is 23.8. The van der Waals surface area contributed by atoms with E-state index in [0.29, 0.717) is 6.42 Å². The SMILES string of the molecule is CC(O)CCNS(=O)(=O)CC#N. The standard InChI is InChI=1S/C6H12N2O3S/c1-6(9)2-4-8-12(10,11)5-3-7/h6,8-9H,2,4-5H2,1H3. The fraction of sp³-hybridized carbons (Fsp3) is 0.833. The normalized spacial score (nSPS) is 13.8. The van der Waals surface area contributed by atoms with E-state index >= 15 is 0 Å². The number of nitrogens with one attached hydrogen (secondary N) is 1. The van der Waals surface area contributed by atoms with E-state index in [1.165, 1.54) is 6.07 Å². The Bertz CT molecular complexity index is 252. The van der Waals surface area contributed by atoms with Gasteiger partial charge in [0.05, 0.1) is 12.2 Å². The molecule has 0 amide bonds. The molecule has 1 unspecified atom stereocenters. The van der Waals surface area contributed by atoms with Crippen LogP contribution in [0.4, 0.5) is 0 Å². The van der Waals surface area contributed by atoms with E-state index in [-0.39, 0.29) is 6.54 Å². The van der Waals surface area contributed by atoms with Gasteiger partial charge in [0.15, 0.2) is 5.75 Å². The van der Waals surface area contributed by atoms with Crippen molar-refractivity contribution in [1.29, 1.82) is 5.26 Å². The van der Waals surface area contributed by atoms with E-state index in [1.54, 1.807) is 6.92 Å². The van der Waals surface area contributed by atoms with Gasteiger partial charge < -0.3 is 5.11 Å². The molecule has 0 fully saturated rings. The number of rotatable bonds is 5. The third kappa shape index (κ3) is 6.09. The molecule has 0 aromatic rings. The van der Waals surface area contributed by atoms with Crippen LogP contribution < -0.4 is 4.72 Å². The van der Waals surface area contributed by atoms with Crippen LogP contribution in [0.2, 0.25) is 0 Å². The highest BCUT2D eigenvalue weighted by atomic mass is 32.2. The summed E-state index contributed by atoms with van der Waals surface area (Å²) in [6.45, 7) is 1.74. The number of hydrogen-bond acceptors (Lipinski definition) is 4. The predicted octanol–water partition coefficient (Wildman–Crippen LogP) is -0.800. The zero-order chi connectivity index (χ0) is 9.61. The first kappa shape index (κ1) is 11.4. The number of hydrogen-bond donors (Lipinski definition) is 2. The molecule has 0 bridgehead atoms. The third-order valence-corrected chi connectivity index (χ3v) is 2.29. The van der Waals surface area contributed by atoms with E-state index < -0.39 is 21.9 Å². The first-order chi connectivity index (χ1) is 5.48. The molecule has 0 aromatic carbocycles. The quantitative estimate of drug-likeness (QED) is 0.596. The van der Waals surface area contributed by atoms with Gasteiger partial charge in [-0.3, -0.25) is 0 Å². The van der Waals surface area contributed by atoms with Gasteiger partial charge in [-0.2, -0.15) is 5.26 Å².